The number of methoxy groups -OCH3 is 1. The Balaban J connectivity index is 2.28. The Kier molecular flexibility index (Phi) is 2.61. The Morgan fingerprint density at radius 1 is 1.53 bits per heavy atom. The molecule has 0 aliphatic heterocycles. The number of rotatable bonds is 3. The first kappa shape index (κ1) is 10.7. The van der Waals surface area contributed by atoms with Crippen molar-refractivity contribution in [3.63, 3.8) is 0 Å². The normalized spacial score (nSPS) is 17.6. The van der Waals surface area contributed by atoms with E-state index in [-0.39, 0.29) is 11.4 Å². The second-order valence-corrected chi connectivity index (χ2v) is 4.52. The van der Waals surface area contributed by atoms with Crippen molar-refractivity contribution in [2.24, 2.45) is 5.73 Å². The van der Waals surface area contributed by atoms with E-state index in [0.29, 0.717) is 22.8 Å². The SMILES string of the molecule is COc1cc(F)c(CC2(N)CC2)cc1Cl. The van der Waals surface area contributed by atoms with Crippen LogP contribution in [0.4, 0.5) is 4.39 Å². The van der Waals surface area contributed by atoms with Gasteiger partial charge in [0.05, 0.1) is 12.1 Å². The Morgan fingerprint density at radius 2 is 2.20 bits per heavy atom. The van der Waals surface area contributed by atoms with Crippen molar-refractivity contribution < 1.29 is 9.13 Å². The maximum absolute atomic E-state index is 13.6. The lowest BCUT2D eigenvalue weighted by Gasteiger charge is -2.11. The van der Waals surface area contributed by atoms with Gasteiger partial charge < -0.3 is 10.5 Å². The molecule has 1 aromatic carbocycles. The molecule has 1 aliphatic carbocycles. The Hall–Kier alpha value is -0.800. The molecule has 0 aromatic heterocycles. The summed E-state index contributed by atoms with van der Waals surface area (Å²) in [6.07, 6.45) is 2.45. The minimum Gasteiger partial charge on any atom is -0.495 e. The van der Waals surface area contributed by atoms with Crippen molar-refractivity contribution in [3.05, 3.63) is 28.5 Å². The first-order valence-electron chi connectivity index (χ1n) is 4.85. The van der Waals surface area contributed by atoms with Gasteiger partial charge in [0.15, 0.2) is 0 Å². The maximum atomic E-state index is 13.6. The average molecular weight is 230 g/mol. The van der Waals surface area contributed by atoms with Gasteiger partial charge in [-0.3, -0.25) is 0 Å². The average Bonchev–Trinajstić information content (AvgIpc) is 2.89. The molecule has 4 heteroatoms. The van der Waals surface area contributed by atoms with Gasteiger partial charge in [0, 0.05) is 11.6 Å². The molecule has 1 saturated carbocycles. The molecular formula is C11H13ClFNO. The number of halogens is 2. The van der Waals surface area contributed by atoms with Gasteiger partial charge in [-0.05, 0) is 30.9 Å². The third kappa shape index (κ3) is 2.24. The maximum Gasteiger partial charge on any atom is 0.140 e. The number of nitrogens with two attached hydrogens (primary N) is 1. The minimum atomic E-state index is -0.298. The van der Waals surface area contributed by atoms with Crippen LogP contribution in [0.5, 0.6) is 5.75 Å². The molecule has 2 nitrogen and oxygen atoms in total. The van der Waals surface area contributed by atoms with Gasteiger partial charge in [-0.2, -0.15) is 0 Å². The number of hydrogen-bond donors (Lipinski definition) is 1. The lowest BCUT2D eigenvalue weighted by atomic mass is 10.0. The van der Waals surface area contributed by atoms with Gasteiger partial charge in [0.25, 0.3) is 0 Å². The van der Waals surface area contributed by atoms with Crippen LogP contribution >= 0.6 is 11.6 Å². The summed E-state index contributed by atoms with van der Waals surface area (Å²) in [4.78, 5) is 0. The van der Waals surface area contributed by atoms with Gasteiger partial charge in [-0.1, -0.05) is 11.6 Å². The van der Waals surface area contributed by atoms with E-state index >= 15 is 0 Å². The lowest BCUT2D eigenvalue weighted by molar-refractivity contribution is 0.410. The van der Waals surface area contributed by atoms with Crippen LogP contribution in [0.1, 0.15) is 18.4 Å². The van der Waals surface area contributed by atoms with Gasteiger partial charge in [0.2, 0.25) is 0 Å². The molecule has 15 heavy (non-hydrogen) atoms. The molecule has 0 bridgehead atoms. The van der Waals surface area contributed by atoms with Gasteiger partial charge >= 0.3 is 0 Å². The highest BCUT2D eigenvalue weighted by atomic mass is 35.5. The zero-order chi connectivity index (χ0) is 11.1. The Morgan fingerprint density at radius 3 is 2.73 bits per heavy atom. The van der Waals surface area contributed by atoms with Gasteiger partial charge in [-0.15, -0.1) is 0 Å². The molecule has 1 aromatic rings. The molecule has 0 heterocycles. The number of benzene rings is 1. The third-order valence-electron chi connectivity index (χ3n) is 2.76. The number of ether oxygens (including phenoxy) is 1. The summed E-state index contributed by atoms with van der Waals surface area (Å²) < 4.78 is 18.5. The standard InChI is InChI=1S/C11H13ClFNO/c1-15-10-5-9(13)7(4-8(10)12)6-11(14)2-3-11/h4-5H,2-3,6,14H2,1H3. The first-order valence-corrected chi connectivity index (χ1v) is 5.23. The van der Waals surface area contributed by atoms with Crippen molar-refractivity contribution in [1.82, 2.24) is 0 Å². The molecule has 2 rings (SSSR count). The van der Waals surface area contributed by atoms with Gasteiger partial charge in [0.1, 0.15) is 11.6 Å². The van der Waals surface area contributed by atoms with Crippen molar-refractivity contribution in [2.75, 3.05) is 7.11 Å². The van der Waals surface area contributed by atoms with E-state index in [1.165, 1.54) is 13.2 Å². The van der Waals surface area contributed by atoms with Crippen LogP contribution < -0.4 is 10.5 Å². The van der Waals surface area contributed by atoms with E-state index in [4.69, 9.17) is 22.1 Å². The second-order valence-electron chi connectivity index (χ2n) is 4.12. The van der Waals surface area contributed by atoms with E-state index < -0.39 is 0 Å². The summed E-state index contributed by atoms with van der Waals surface area (Å²) in [5.41, 5.74) is 6.29. The van der Waals surface area contributed by atoms with E-state index in [1.807, 2.05) is 0 Å². The summed E-state index contributed by atoms with van der Waals surface area (Å²) in [5, 5.41) is 0.429. The van der Waals surface area contributed by atoms with Crippen LogP contribution in [0.25, 0.3) is 0 Å². The molecule has 1 aliphatic rings. The zero-order valence-corrected chi connectivity index (χ0v) is 9.27. The molecule has 0 amide bonds. The quantitative estimate of drug-likeness (QED) is 0.865. The monoisotopic (exact) mass is 229 g/mol. The molecule has 0 spiro atoms. The van der Waals surface area contributed by atoms with Crippen LogP contribution in [0.15, 0.2) is 12.1 Å². The molecular weight excluding hydrogens is 217 g/mol. The first-order chi connectivity index (χ1) is 7.04. The lowest BCUT2D eigenvalue weighted by Crippen LogP contribution is -2.25. The number of hydrogen-bond acceptors (Lipinski definition) is 2. The van der Waals surface area contributed by atoms with Crippen molar-refractivity contribution in [1.29, 1.82) is 0 Å². The predicted molar refractivity (Wildman–Crippen MR) is 57.8 cm³/mol. The molecule has 0 atom stereocenters. The molecule has 0 unspecified atom stereocenters. The summed E-state index contributed by atoms with van der Waals surface area (Å²) in [5.74, 6) is 0.0627. The smallest absolute Gasteiger partial charge is 0.140 e. The van der Waals surface area contributed by atoms with Crippen LogP contribution in [-0.4, -0.2) is 12.6 Å². The third-order valence-corrected chi connectivity index (χ3v) is 3.05. The van der Waals surface area contributed by atoms with Gasteiger partial charge in [-0.25, -0.2) is 4.39 Å². The fourth-order valence-corrected chi connectivity index (χ4v) is 1.84. The molecule has 82 valence electrons. The molecule has 0 radical (unpaired) electrons. The highest BCUT2D eigenvalue weighted by Gasteiger charge is 2.38. The van der Waals surface area contributed by atoms with E-state index in [1.54, 1.807) is 6.07 Å². The second kappa shape index (κ2) is 3.65. The zero-order valence-electron chi connectivity index (χ0n) is 8.52. The van der Waals surface area contributed by atoms with E-state index in [2.05, 4.69) is 0 Å². The largest absolute Gasteiger partial charge is 0.495 e. The van der Waals surface area contributed by atoms with Crippen LogP contribution in [-0.2, 0) is 6.42 Å². The molecule has 2 N–H and O–H groups in total. The topological polar surface area (TPSA) is 35.2 Å². The van der Waals surface area contributed by atoms with Crippen molar-refractivity contribution >= 4 is 11.6 Å². The molecule has 0 saturated heterocycles. The van der Waals surface area contributed by atoms with Crippen molar-refractivity contribution in [2.45, 2.75) is 24.8 Å². The van der Waals surface area contributed by atoms with E-state index in [0.717, 1.165) is 12.8 Å². The van der Waals surface area contributed by atoms with Crippen LogP contribution in [0, 0.1) is 5.82 Å². The Labute approximate surface area is 93.2 Å². The summed E-state index contributed by atoms with van der Waals surface area (Å²) in [6, 6.07) is 2.91. The predicted octanol–water partition coefficient (Wildman–Crippen LogP) is 2.52. The van der Waals surface area contributed by atoms with Crippen molar-refractivity contribution in [3.8, 4) is 5.75 Å². The summed E-state index contributed by atoms with van der Waals surface area (Å²) in [6.45, 7) is 0. The van der Waals surface area contributed by atoms with Crippen LogP contribution in [0.3, 0.4) is 0 Å². The fraction of sp³-hybridized carbons (Fsp3) is 0.455. The molecule has 1 fully saturated rings. The summed E-state index contributed by atoms with van der Waals surface area (Å²) in [7, 11) is 1.46. The highest BCUT2D eigenvalue weighted by Crippen LogP contribution is 2.37. The fourth-order valence-electron chi connectivity index (χ4n) is 1.58. The summed E-state index contributed by atoms with van der Waals surface area (Å²) >= 11 is 5.92. The minimum absolute atomic E-state index is 0.210. The van der Waals surface area contributed by atoms with Crippen LogP contribution in [0.2, 0.25) is 5.02 Å². The van der Waals surface area contributed by atoms with E-state index in [9.17, 15) is 4.39 Å². The highest BCUT2D eigenvalue weighted by molar-refractivity contribution is 6.32. The Bertz CT molecular complexity index is 390.